The molecular weight excluding hydrogens is 672 g/mol. The first-order valence-corrected chi connectivity index (χ1v) is 18.5. The topological polar surface area (TPSA) is 21.3 Å². The number of halogens is 1. The quantitative estimate of drug-likeness (QED) is 0.178. The number of furan rings is 1. The Labute approximate surface area is 308 Å². The van der Waals surface area contributed by atoms with Crippen molar-refractivity contribution in [2.75, 3.05) is 4.90 Å². The van der Waals surface area contributed by atoms with E-state index in [1.165, 1.54) is 31.8 Å². The summed E-state index contributed by atoms with van der Waals surface area (Å²) >= 11 is 1.84. The van der Waals surface area contributed by atoms with Crippen LogP contribution in [0.2, 0.25) is 0 Å². The SMILES string of the molecule is Fc1cccc2c1c1ccccc1n2-c1ccc(N(c2cccc(-c3ccc4c(c3)sc3ccccc34)c2)c2cccc3oc4ccccc4c23)cc1. The molecule has 8 aromatic carbocycles. The van der Waals surface area contributed by atoms with E-state index < -0.39 is 0 Å². The number of fused-ring (bicyclic) bond motifs is 9. The fourth-order valence-electron chi connectivity index (χ4n) is 8.10. The molecule has 3 aromatic heterocycles. The van der Waals surface area contributed by atoms with Crippen LogP contribution in [0.5, 0.6) is 0 Å². The number of hydrogen-bond donors (Lipinski definition) is 0. The van der Waals surface area contributed by atoms with E-state index in [2.05, 4.69) is 131 Å². The third kappa shape index (κ3) is 4.64. The van der Waals surface area contributed by atoms with Crippen LogP contribution in [0.3, 0.4) is 0 Å². The maximum Gasteiger partial charge on any atom is 0.137 e. The first-order chi connectivity index (χ1) is 26.2. The van der Waals surface area contributed by atoms with Gasteiger partial charge < -0.3 is 13.9 Å². The second kappa shape index (κ2) is 11.7. The molecule has 0 saturated heterocycles. The van der Waals surface area contributed by atoms with Gasteiger partial charge in [-0.2, -0.15) is 0 Å². The number of hydrogen-bond acceptors (Lipinski definition) is 3. The molecule has 0 aliphatic rings. The predicted molar refractivity (Wildman–Crippen MR) is 221 cm³/mol. The number of anilines is 3. The van der Waals surface area contributed by atoms with Crippen molar-refractivity contribution in [3.05, 3.63) is 182 Å². The molecule has 0 radical (unpaired) electrons. The van der Waals surface area contributed by atoms with Crippen molar-refractivity contribution in [1.29, 1.82) is 0 Å². The van der Waals surface area contributed by atoms with E-state index in [1.807, 2.05) is 53.8 Å². The summed E-state index contributed by atoms with van der Waals surface area (Å²) in [5, 5.41) is 6.25. The van der Waals surface area contributed by atoms with E-state index in [0.29, 0.717) is 5.39 Å². The van der Waals surface area contributed by atoms with Gasteiger partial charge in [0.25, 0.3) is 0 Å². The average Bonchev–Trinajstić information content (AvgIpc) is 3.88. The zero-order chi connectivity index (χ0) is 35.0. The molecule has 11 aromatic rings. The molecule has 0 atom stereocenters. The van der Waals surface area contributed by atoms with Crippen LogP contribution in [0.1, 0.15) is 0 Å². The summed E-state index contributed by atoms with van der Waals surface area (Å²) in [7, 11) is 0. The molecule has 0 aliphatic heterocycles. The molecule has 0 amide bonds. The highest BCUT2D eigenvalue weighted by molar-refractivity contribution is 7.25. The highest BCUT2D eigenvalue weighted by atomic mass is 32.1. The molecule has 11 rings (SSSR count). The molecular formula is C48H29FN2OS. The summed E-state index contributed by atoms with van der Waals surface area (Å²) in [6.07, 6.45) is 0. The molecule has 0 aliphatic carbocycles. The van der Waals surface area contributed by atoms with Gasteiger partial charge >= 0.3 is 0 Å². The van der Waals surface area contributed by atoms with E-state index in [0.717, 1.165) is 66.7 Å². The maximum absolute atomic E-state index is 15.3. The number of aromatic nitrogens is 1. The van der Waals surface area contributed by atoms with Crippen LogP contribution < -0.4 is 4.90 Å². The third-order valence-corrected chi connectivity index (χ3v) is 11.6. The number of nitrogens with zero attached hydrogens (tertiary/aromatic N) is 2. The second-order valence-corrected chi connectivity index (χ2v) is 14.5. The summed E-state index contributed by atoms with van der Waals surface area (Å²) in [6.45, 7) is 0. The van der Waals surface area contributed by atoms with Crippen LogP contribution in [0.4, 0.5) is 21.5 Å². The van der Waals surface area contributed by atoms with Gasteiger partial charge in [-0.3, -0.25) is 0 Å². The van der Waals surface area contributed by atoms with E-state index in [9.17, 15) is 0 Å². The monoisotopic (exact) mass is 700 g/mol. The van der Waals surface area contributed by atoms with Gasteiger partial charge in [0.1, 0.15) is 17.0 Å². The third-order valence-electron chi connectivity index (χ3n) is 10.5. The van der Waals surface area contributed by atoms with E-state index in [4.69, 9.17) is 4.42 Å². The average molecular weight is 701 g/mol. The highest BCUT2D eigenvalue weighted by Crippen LogP contribution is 2.45. The normalized spacial score (nSPS) is 11.9. The van der Waals surface area contributed by atoms with Crippen LogP contribution in [0, 0.1) is 5.82 Å². The highest BCUT2D eigenvalue weighted by Gasteiger charge is 2.21. The van der Waals surface area contributed by atoms with Gasteiger partial charge in [0.2, 0.25) is 0 Å². The summed E-state index contributed by atoms with van der Waals surface area (Å²) in [6, 6.07) is 60.6. The molecule has 0 spiro atoms. The molecule has 0 unspecified atom stereocenters. The molecule has 0 saturated carbocycles. The van der Waals surface area contributed by atoms with Gasteiger partial charge in [-0.1, -0.05) is 91.0 Å². The Morgan fingerprint density at radius 2 is 1.17 bits per heavy atom. The van der Waals surface area contributed by atoms with Crippen molar-refractivity contribution in [3.8, 4) is 16.8 Å². The fraction of sp³-hybridized carbons (Fsp3) is 0. The van der Waals surface area contributed by atoms with Gasteiger partial charge in [-0.25, -0.2) is 4.39 Å². The zero-order valence-electron chi connectivity index (χ0n) is 28.3. The Kier molecular flexibility index (Phi) is 6.60. The van der Waals surface area contributed by atoms with E-state index >= 15 is 4.39 Å². The van der Waals surface area contributed by atoms with Gasteiger partial charge in [-0.15, -0.1) is 11.3 Å². The lowest BCUT2D eigenvalue weighted by molar-refractivity contribution is 0.640. The van der Waals surface area contributed by atoms with Crippen molar-refractivity contribution in [3.63, 3.8) is 0 Å². The number of thiophene rings is 1. The van der Waals surface area contributed by atoms with Crippen LogP contribution in [-0.4, -0.2) is 4.57 Å². The van der Waals surface area contributed by atoms with Crippen molar-refractivity contribution in [1.82, 2.24) is 4.57 Å². The lowest BCUT2D eigenvalue weighted by Crippen LogP contribution is -2.10. The zero-order valence-corrected chi connectivity index (χ0v) is 29.1. The van der Waals surface area contributed by atoms with Crippen LogP contribution >= 0.6 is 11.3 Å². The predicted octanol–water partition coefficient (Wildman–Crippen LogP) is 14.3. The second-order valence-electron chi connectivity index (χ2n) is 13.4. The summed E-state index contributed by atoms with van der Waals surface area (Å²) in [4.78, 5) is 2.32. The molecule has 0 N–H and O–H groups in total. The first-order valence-electron chi connectivity index (χ1n) is 17.7. The summed E-state index contributed by atoms with van der Waals surface area (Å²) in [5.74, 6) is -0.216. The minimum absolute atomic E-state index is 0.216. The number of para-hydroxylation sites is 2. The molecule has 5 heteroatoms. The maximum atomic E-state index is 15.3. The van der Waals surface area contributed by atoms with Gasteiger partial charge in [0, 0.05) is 53.4 Å². The standard InChI is InChI=1S/C48H29FN2OS/c49-39-15-8-17-41-47(39)37-13-1-4-16-40(37)51(41)33-25-23-32(24-26-33)50(42-18-9-20-44-48(42)38-14-2-5-19-43(38)52-44)34-11-7-10-30(28-34)31-22-27-36-35-12-3-6-21-45(35)53-46(36)29-31/h1-29H. The Balaban J connectivity index is 1.10. The summed E-state index contributed by atoms with van der Waals surface area (Å²) < 4.78 is 26.4. The van der Waals surface area contributed by atoms with Crippen LogP contribution in [0.25, 0.3) is 80.7 Å². The number of rotatable bonds is 5. The van der Waals surface area contributed by atoms with Crippen LogP contribution in [0.15, 0.2) is 180 Å². The molecule has 250 valence electrons. The minimum atomic E-state index is -0.216. The van der Waals surface area contributed by atoms with E-state index in [-0.39, 0.29) is 5.82 Å². The Morgan fingerprint density at radius 3 is 2.08 bits per heavy atom. The summed E-state index contributed by atoms with van der Waals surface area (Å²) in [5.41, 5.74) is 9.83. The van der Waals surface area contributed by atoms with Crippen molar-refractivity contribution in [2.24, 2.45) is 0 Å². The molecule has 0 fully saturated rings. The fourth-order valence-corrected chi connectivity index (χ4v) is 9.25. The van der Waals surface area contributed by atoms with Gasteiger partial charge in [0.15, 0.2) is 0 Å². The first kappa shape index (κ1) is 30.0. The lowest BCUT2D eigenvalue weighted by atomic mass is 10.0. The lowest BCUT2D eigenvalue weighted by Gasteiger charge is -2.27. The van der Waals surface area contributed by atoms with Gasteiger partial charge in [0.05, 0.1) is 22.1 Å². The van der Waals surface area contributed by atoms with Gasteiger partial charge in [-0.05, 0) is 96.1 Å². The van der Waals surface area contributed by atoms with Crippen molar-refractivity contribution < 1.29 is 8.81 Å². The Hall–Kier alpha value is -6.69. The molecule has 0 bridgehead atoms. The molecule has 3 nitrogen and oxygen atoms in total. The molecule has 3 heterocycles. The smallest absolute Gasteiger partial charge is 0.137 e. The Bertz CT molecular complexity index is 3210. The van der Waals surface area contributed by atoms with Crippen molar-refractivity contribution >= 4 is 92.3 Å². The van der Waals surface area contributed by atoms with Crippen molar-refractivity contribution in [2.45, 2.75) is 0 Å². The number of benzene rings is 8. The van der Waals surface area contributed by atoms with Crippen LogP contribution in [-0.2, 0) is 0 Å². The molecule has 53 heavy (non-hydrogen) atoms. The Morgan fingerprint density at radius 1 is 0.472 bits per heavy atom. The largest absolute Gasteiger partial charge is 0.456 e. The minimum Gasteiger partial charge on any atom is -0.456 e. The van der Waals surface area contributed by atoms with E-state index in [1.54, 1.807) is 6.07 Å².